The molecule has 1 saturated heterocycles. The lowest BCUT2D eigenvalue weighted by Crippen LogP contribution is -2.32. The summed E-state index contributed by atoms with van der Waals surface area (Å²) < 4.78 is 5.92. The Morgan fingerprint density at radius 3 is 2.58 bits per heavy atom. The summed E-state index contributed by atoms with van der Waals surface area (Å²) in [6.45, 7) is 4.19. The molecule has 1 atom stereocenters. The summed E-state index contributed by atoms with van der Waals surface area (Å²) in [5, 5.41) is 0. The Morgan fingerprint density at radius 2 is 1.89 bits per heavy atom. The number of hydrogen-bond acceptors (Lipinski definition) is 4. The Hall–Kier alpha value is -1.26. The van der Waals surface area contributed by atoms with E-state index in [9.17, 15) is 0 Å². The van der Waals surface area contributed by atoms with Crippen molar-refractivity contribution in [2.45, 2.75) is 18.9 Å². The van der Waals surface area contributed by atoms with Crippen LogP contribution in [0.25, 0.3) is 0 Å². The summed E-state index contributed by atoms with van der Waals surface area (Å²) in [7, 11) is 0. The van der Waals surface area contributed by atoms with E-state index in [0.29, 0.717) is 0 Å². The summed E-state index contributed by atoms with van der Waals surface area (Å²) in [6, 6.07) is 7.70. The number of nitrogen functional groups attached to an aromatic ring is 1. The standard InChI is InChI=1S/C14H19N3O.ClH/c15-12-5-3-11(4-6-12)14-16-9-13(18-14)10-17-7-1-2-8-17;/h3-6,13H,1-2,7-10,15H2;1H/t13-;/m1./s1. The van der Waals surface area contributed by atoms with Gasteiger partial charge in [0.2, 0.25) is 5.90 Å². The van der Waals surface area contributed by atoms with Crippen molar-refractivity contribution in [2.24, 2.45) is 4.99 Å². The van der Waals surface area contributed by atoms with Gasteiger partial charge in [-0.2, -0.15) is 0 Å². The first-order chi connectivity index (χ1) is 8.81. The molecule has 1 fully saturated rings. The third kappa shape index (κ3) is 3.39. The van der Waals surface area contributed by atoms with Gasteiger partial charge >= 0.3 is 0 Å². The summed E-state index contributed by atoms with van der Waals surface area (Å²) in [5.74, 6) is 0.763. The predicted molar refractivity (Wildman–Crippen MR) is 80.1 cm³/mol. The number of nitrogens with zero attached hydrogens (tertiary/aromatic N) is 2. The molecule has 5 heteroatoms. The van der Waals surface area contributed by atoms with Crippen LogP contribution < -0.4 is 5.73 Å². The highest BCUT2D eigenvalue weighted by atomic mass is 35.5. The molecule has 19 heavy (non-hydrogen) atoms. The molecule has 4 nitrogen and oxygen atoms in total. The highest BCUT2D eigenvalue weighted by molar-refractivity contribution is 5.95. The van der Waals surface area contributed by atoms with Crippen molar-refractivity contribution < 1.29 is 4.74 Å². The van der Waals surface area contributed by atoms with E-state index in [4.69, 9.17) is 10.5 Å². The molecule has 1 aromatic rings. The lowest BCUT2D eigenvalue weighted by Gasteiger charge is -2.19. The van der Waals surface area contributed by atoms with Gasteiger partial charge in [-0.1, -0.05) is 0 Å². The number of ether oxygens (including phenoxy) is 1. The Bertz CT molecular complexity index is 441. The summed E-state index contributed by atoms with van der Waals surface area (Å²) in [5.41, 5.74) is 7.46. The van der Waals surface area contributed by atoms with Crippen LogP contribution >= 0.6 is 12.4 Å². The normalized spacial score (nSPS) is 22.7. The van der Waals surface area contributed by atoms with E-state index in [0.717, 1.165) is 30.2 Å². The number of nitrogens with two attached hydrogens (primary N) is 1. The van der Waals surface area contributed by atoms with Crippen molar-refractivity contribution in [3.63, 3.8) is 0 Å². The second kappa shape index (κ2) is 6.26. The maximum atomic E-state index is 5.92. The van der Waals surface area contributed by atoms with Crippen LogP contribution in [-0.2, 0) is 4.74 Å². The fourth-order valence-electron chi connectivity index (χ4n) is 2.55. The molecular formula is C14H20ClN3O. The fourth-order valence-corrected chi connectivity index (χ4v) is 2.55. The van der Waals surface area contributed by atoms with Crippen molar-refractivity contribution in [3.05, 3.63) is 29.8 Å². The zero-order chi connectivity index (χ0) is 12.4. The molecule has 0 unspecified atom stereocenters. The number of aliphatic imine (C=N–C) groups is 1. The number of likely N-dealkylation sites (tertiary alicyclic amines) is 1. The minimum atomic E-state index is 0. The average Bonchev–Trinajstić information content (AvgIpc) is 3.02. The molecule has 0 bridgehead atoms. The van der Waals surface area contributed by atoms with E-state index >= 15 is 0 Å². The van der Waals surface area contributed by atoms with E-state index in [1.165, 1.54) is 25.9 Å². The molecular weight excluding hydrogens is 262 g/mol. The molecule has 0 aliphatic carbocycles. The van der Waals surface area contributed by atoms with Crippen molar-refractivity contribution in [1.82, 2.24) is 4.90 Å². The van der Waals surface area contributed by atoms with Gasteiger partial charge < -0.3 is 10.5 Å². The number of hydrogen-bond donors (Lipinski definition) is 1. The minimum absolute atomic E-state index is 0. The molecule has 3 rings (SSSR count). The second-order valence-corrected chi connectivity index (χ2v) is 5.02. The molecule has 1 aromatic carbocycles. The van der Waals surface area contributed by atoms with Crippen LogP contribution in [0.15, 0.2) is 29.3 Å². The van der Waals surface area contributed by atoms with Crippen LogP contribution in [0.5, 0.6) is 0 Å². The number of benzene rings is 1. The maximum absolute atomic E-state index is 5.92. The molecule has 0 radical (unpaired) electrons. The molecule has 0 spiro atoms. The largest absolute Gasteiger partial charge is 0.471 e. The topological polar surface area (TPSA) is 50.8 Å². The van der Waals surface area contributed by atoms with Crippen molar-refractivity contribution in [2.75, 3.05) is 31.9 Å². The first-order valence-corrected chi connectivity index (χ1v) is 6.60. The molecule has 2 heterocycles. The lowest BCUT2D eigenvalue weighted by molar-refractivity contribution is 0.163. The zero-order valence-electron chi connectivity index (χ0n) is 10.9. The predicted octanol–water partition coefficient (Wildman–Crippen LogP) is 1.93. The average molecular weight is 282 g/mol. The lowest BCUT2D eigenvalue weighted by atomic mass is 10.2. The SMILES string of the molecule is Cl.Nc1ccc(C2=NC[C@H](CN3CCCC3)O2)cc1. The van der Waals surface area contributed by atoms with Crippen LogP contribution in [0.4, 0.5) is 5.69 Å². The highest BCUT2D eigenvalue weighted by Gasteiger charge is 2.24. The maximum Gasteiger partial charge on any atom is 0.216 e. The summed E-state index contributed by atoms with van der Waals surface area (Å²) in [4.78, 5) is 6.95. The second-order valence-electron chi connectivity index (χ2n) is 5.02. The Morgan fingerprint density at radius 1 is 1.21 bits per heavy atom. The van der Waals surface area contributed by atoms with Gasteiger partial charge in [-0.05, 0) is 50.2 Å². The Labute approximate surface area is 120 Å². The highest BCUT2D eigenvalue weighted by Crippen LogP contribution is 2.16. The molecule has 2 aliphatic heterocycles. The van der Waals surface area contributed by atoms with Gasteiger partial charge in [-0.25, -0.2) is 4.99 Å². The third-order valence-electron chi connectivity index (χ3n) is 3.53. The van der Waals surface area contributed by atoms with E-state index in [2.05, 4.69) is 9.89 Å². The minimum Gasteiger partial charge on any atom is -0.471 e. The van der Waals surface area contributed by atoms with Crippen molar-refractivity contribution in [1.29, 1.82) is 0 Å². The molecule has 104 valence electrons. The van der Waals surface area contributed by atoms with E-state index in [1.807, 2.05) is 24.3 Å². The van der Waals surface area contributed by atoms with E-state index in [1.54, 1.807) is 0 Å². The quantitative estimate of drug-likeness (QED) is 0.862. The molecule has 0 amide bonds. The Kier molecular flexibility index (Phi) is 4.66. The molecule has 0 saturated carbocycles. The van der Waals surface area contributed by atoms with E-state index in [-0.39, 0.29) is 18.5 Å². The van der Waals surface area contributed by atoms with Crippen LogP contribution in [0.2, 0.25) is 0 Å². The van der Waals surface area contributed by atoms with Gasteiger partial charge in [0.1, 0.15) is 6.10 Å². The van der Waals surface area contributed by atoms with Gasteiger partial charge in [0.15, 0.2) is 0 Å². The first kappa shape index (κ1) is 14.2. The summed E-state index contributed by atoms with van der Waals surface area (Å²) >= 11 is 0. The van der Waals surface area contributed by atoms with Crippen LogP contribution in [-0.4, -0.2) is 43.1 Å². The van der Waals surface area contributed by atoms with Crippen molar-refractivity contribution in [3.8, 4) is 0 Å². The monoisotopic (exact) mass is 281 g/mol. The molecule has 2 aliphatic rings. The molecule has 0 aromatic heterocycles. The zero-order valence-corrected chi connectivity index (χ0v) is 11.7. The number of halogens is 1. The Balaban J connectivity index is 0.00000133. The van der Waals surface area contributed by atoms with Crippen LogP contribution in [0.3, 0.4) is 0 Å². The number of anilines is 1. The first-order valence-electron chi connectivity index (χ1n) is 6.60. The van der Waals surface area contributed by atoms with E-state index < -0.39 is 0 Å². The van der Waals surface area contributed by atoms with Gasteiger partial charge in [0.05, 0.1) is 6.54 Å². The van der Waals surface area contributed by atoms with Gasteiger partial charge in [0.25, 0.3) is 0 Å². The van der Waals surface area contributed by atoms with Gasteiger partial charge in [0, 0.05) is 17.8 Å². The molecule has 2 N–H and O–H groups in total. The number of rotatable bonds is 3. The third-order valence-corrected chi connectivity index (χ3v) is 3.53. The fraction of sp³-hybridized carbons (Fsp3) is 0.500. The van der Waals surface area contributed by atoms with Gasteiger partial charge in [-0.3, -0.25) is 4.90 Å². The smallest absolute Gasteiger partial charge is 0.216 e. The van der Waals surface area contributed by atoms with Crippen LogP contribution in [0.1, 0.15) is 18.4 Å². The van der Waals surface area contributed by atoms with Crippen LogP contribution in [0, 0.1) is 0 Å². The summed E-state index contributed by atoms with van der Waals surface area (Å²) in [6.07, 6.45) is 2.85. The van der Waals surface area contributed by atoms with Gasteiger partial charge in [-0.15, -0.1) is 12.4 Å². The van der Waals surface area contributed by atoms with Crippen molar-refractivity contribution >= 4 is 24.0 Å².